The third-order valence-corrected chi connectivity index (χ3v) is 4.85. The van der Waals surface area contributed by atoms with Crippen LogP contribution in [0.15, 0.2) is 22.7 Å². The third-order valence-electron chi connectivity index (χ3n) is 4.19. The molecule has 1 amide bonds. The molecule has 1 atom stereocenters. The van der Waals surface area contributed by atoms with Crippen LogP contribution in [0, 0.1) is 0 Å². The molecule has 1 aliphatic heterocycles. The maximum Gasteiger partial charge on any atom is 0.573 e. The van der Waals surface area contributed by atoms with Gasteiger partial charge in [-0.3, -0.25) is 4.90 Å². The summed E-state index contributed by atoms with van der Waals surface area (Å²) < 4.78 is 52.5. The van der Waals surface area contributed by atoms with Crippen LogP contribution in [0.4, 0.5) is 18.0 Å². The van der Waals surface area contributed by atoms with E-state index in [0.717, 1.165) is 0 Å². The average molecular weight is 483 g/mol. The van der Waals surface area contributed by atoms with Gasteiger partial charge in [0.05, 0.1) is 4.47 Å². The van der Waals surface area contributed by atoms with Gasteiger partial charge in [-0.1, -0.05) is 0 Å². The van der Waals surface area contributed by atoms with Crippen molar-refractivity contribution in [3.63, 3.8) is 0 Å². The summed E-state index contributed by atoms with van der Waals surface area (Å²) in [7, 11) is 0. The predicted molar refractivity (Wildman–Crippen MR) is 105 cm³/mol. The molecule has 0 bridgehead atoms. The summed E-state index contributed by atoms with van der Waals surface area (Å²) in [4.78, 5) is 16.0. The predicted octanol–water partition coefficient (Wildman–Crippen LogP) is 4.67. The van der Waals surface area contributed by atoms with E-state index >= 15 is 0 Å². The summed E-state index contributed by atoms with van der Waals surface area (Å²) in [6, 6.07) is 4.31. The molecule has 1 heterocycles. The van der Waals surface area contributed by atoms with Crippen LogP contribution in [0.2, 0.25) is 0 Å². The summed E-state index contributed by atoms with van der Waals surface area (Å²) in [6.07, 6.45) is -5.10. The molecule has 0 unspecified atom stereocenters. The standard InChI is InChI=1S/C19H26BrF3N2O4/c1-13-12-25(17(26)29-18(2,3)4)8-7-24(13)9-10-27-14-5-6-15(20)16(11-14)28-19(21,22)23/h5-6,11,13H,7-10,12H2,1-4H3/t13-/m0/s1. The average Bonchev–Trinajstić information content (AvgIpc) is 2.56. The Morgan fingerprint density at radius 2 is 1.93 bits per heavy atom. The molecule has 10 heteroatoms. The second-order valence-electron chi connectivity index (χ2n) is 7.80. The van der Waals surface area contributed by atoms with Crippen molar-refractivity contribution in [3.8, 4) is 11.5 Å². The molecule has 0 radical (unpaired) electrons. The van der Waals surface area contributed by atoms with Crippen molar-refractivity contribution in [3.05, 3.63) is 22.7 Å². The van der Waals surface area contributed by atoms with Gasteiger partial charge in [-0.05, 0) is 55.8 Å². The topological polar surface area (TPSA) is 51.2 Å². The number of alkyl halides is 3. The van der Waals surface area contributed by atoms with Crippen molar-refractivity contribution in [1.29, 1.82) is 0 Å². The van der Waals surface area contributed by atoms with Gasteiger partial charge in [0.25, 0.3) is 0 Å². The Kier molecular flexibility index (Phi) is 7.67. The minimum Gasteiger partial charge on any atom is -0.492 e. The van der Waals surface area contributed by atoms with Crippen molar-refractivity contribution >= 4 is 22.0 Å². The molecule has 164 valence electrons. The lowest BCUT2D eigenvalue weighted by Crippen LogP contribution is -2.55. The number of halogens is 4. The lowest BCUT2D eigenvalue weighted by Gasteiger charge is -2.40. The molecule has 2 rings (SSSR count). The molecule has 0 aliphatic carbocycles. The maximum absolute atomic E-state index is 12.4. The van der Waals surface area contributed by atoms with Crippen LogP contribution in [-0.4, -0.2) is 66.7 Å². The zero-order chi connectivity index (χ0) is 21.8. The Bertz CT molecular complexity index is 710. The Balaban J connectivity index is 1.83. The highest BCUT2D eigenvalue weighted by Gasteiger charge is 2.32. The van der Waals surface area contributed by atoms with Crippen molar-refractivity contribution in [2.24, 2.45) is 0 Å². The van der Waals surface area contributed by atoms with Gasteiger partial charge in [0, 0.05) is 38.3 Å². The number of amides is 1. The van der Waals surface area contributed by atoms with E-state index in [9.17, 15) is 18.0 Å². The van der Waals surface area contributed by atoms with Gasteiger partial charge < -0.3 is 19.1 Å². The monoisotopic (exact) mass is 482 g/mol. The summed E-state index contributed by atoms with van der Waals surface area (Å²) in [5, 5.41) is 0. The van der Waals surface area contributed by atoms with Gasteiger partial charge in [-0.2, -0.15) is 0 Å². The molecule has 1 fully saturated rings. The zero-order valence-corrected chi connectivity index (χ0v) is 18.5. The molecular weight excluding hydrogens is 457 g/mol. The van der Waals surface area contributed by atoms with Gasteiger partial charge in [0.1, 0.15) is 23.7 Å². The molecular formula is C19H26BrF3N2O4. The summed E-state index contributed by atoms with van der Waals surface area (Å²) in [5.74, 6) is -0.0677. The first kappa shape index (κ1) is 23.6. The van der Waals surface area contributed by atoms with Crippen molar-refractivity contribution in [2.75, 3.05) is 32.8 Å². The number of carbonyl (C=O) groups is 1. The first-order valence-electron chi connectivity index (χ1n) is 9.24. The van der Waals surface area contributed by atoms with Gasteiger partial charge in [-0.25, -0.2) is 4.79 Å². The number of hydrogen-bond donors (Lipinski definition) is 0. The van der Waals surface area contributed by atoms with E-state index in [1.807, 2.05) is 27.7 Å². The van der Waals surface area contributed by atoms with Crippen LogP contribution in [0.1, 0.15) is 27.7 Å². The van der Waals surface area contributed by atoms with E-state index < -0.39 is 12.0 Å². The summed E-state index contributed by atoms with van der Waals surface area (Å²) in [6.45, 7) is 10.1. The number of nitrogens with zero attached hydrogens (tertiary/aromatic N) is 2. The first-order chi connectivity index (χ1) is 13.3. The van der Waals surface area contributed by atoms with Crippen LogP contribution < -0.4 is 9.47 Å². The van der Waals surface area contributed by atoms with E-state index in [0.29, 0.717) is 32.8 Å². The number of rotatable bonds is 5. The minimum absolute atomic E-state index is 0.105. The van der Waals surface area contributed by atoms with E-state index in [4.69, 9.17) is 9.47 Å². The SMILES string of the molecule is C[C@H]1CN(C(=O)OC(C)(C)C)CCN1CCOc1ccc(Br)c(OC(F)(F)F)c1. The fraction of sp³-hybridized carbons (Fsp3) is 0.632. The quantitative estimate of drug-likeness (QED) is 0.610. The Morgan fingerprint density at radius 1 is 1.24 bits per heavy atom. The summed E-state index contributed by atoms with van der Waals surface area (Å²) in [5.41, 5.74) is -0.537. The number of benzene rings is 1. The van der Waals surface area contributed by atoms with Crippen LogP contribution >= 0.6 is 15.9 Å². The minimum atomic E-state index is -4.77. The Hall–Kier alpha value is -1.68. The molecule has 1 aliphatic rings. The van der Waals surface area contributed by atoms with E-state index in [1.54, 1.807) is 11.0 Å². The largest absolute Gasteiger partial charge is 0.573 e. The highest BCUT2D eigenvalue weighted by Crippen LogP contribution is 2.33. The van der Waals surface area contributed by atoms with Crippen LogP contribution in [-0.2, 0) is 4.74 Å². The molecule has 0 aromatic heterocycles. The Morgan fingerprint density at radius 3 is 2.52 bits per heavy atom. The smallest absolute Gasteiger partial charge is 0.492 e. The lowest BCUT2D eigenvalue weighted by molar-refractivity contribution is -0.274. The third kappa shape index (κ3) is 7.93. The fourth-order valence-corrected chi connectivity index (χ4v) is 3.20. The van der Waals surface area contributed by atoms with E-state index in [1.165, 1.54) is 12.1 Å². The normalized spacial score (nSPS) is 18.5. The van der Waals surface area contributed by atoms with Crippen molar-refractivity contribution in [1.82, 2.24) is 9.80 Å². The maximum atomic E-state index is 12.4. The molecule has 1 saturated heterocycles. The Labute approximate surface area is 177 Å². The van der Waals surface area contributed by atoms with E-state index in [-0.39, 0.29) is 28.1 Å². The molecule has 1 aromatic rings. The number of carbonyl (C=O) groups excluding carboxylic acids is 1. The highest BCUT2D eigenvalue weighted by molar-refractivity contribution is 9.10. The van der Waals surface area contributed by atoms with Crippen LogP contribution in [0.5, 0.6) is 11.5 Å². The first-order valence-corrected chi connectivity index (χ1v) is 10.0. The van der Waals surface area contributed by atoms with E-state index in [2.05, 4.69) is 25.6 Å². The molecule has 0 saturated carbocycles. The molecule has 0 spiro atoms. The van der Waals surface area contributed by atoms with Gasteiger partial charge in [-0.15, -0.1) is 13.2 Å². The van der Waals surface area contributed by atoms with Gasteiger partial charge in [0.2, 0.25) is 0 Å². The number of hydrogen-bond acceptors (Lipinski definition) is 5. The molecule has 29 heavy (non-hydrogen) atoms. The molecule has 1 aromatic carbocycles. The molecule has 0 N–H and O–H groups in total. The fourth-order valence-electron chi connectivity index (χ4n) is 2.88. The van der Waals surface area contributed by atoms with Gasteiger partial charge >= 0.3 is 12.5 Å². The molecule has 6 nitrogen and oxygen atoms in total. The van der Waals surface area contributed by atoms with Crippen molar-refractivity contribution in [2.45, 2.75) is 45.7 Å². The van der Waals surface area contributed by atoms with Crippen LogP contribution in [0.25, 0.3) is 0 Å². The second kappa shape index (κ2) is 9.42. The van der Waals surface area contributed by atoms with Crippen molar-refractivity contribution < 1.29 is 32.2 Å². The van der Waals surface area contributed by atoms with Gasteiger partial charge in [0.15, 0.2) is 0 Å². The number of ether oxygens (including phenoxy) is 3. The lowest BCUT2D eigenvalue weighted by atomic mass is 10.2. The van der Waals surface area contributed by atoms with Crippen LogP contribution in [0.3, 0.4) is 0 Å². The highest BCUT2D eigenvalue weighted by atomic mass is 79.9. The second-order valence-corrected chi connectivity index (χ2v) is 8.65. The number of piperazine rings is 1. The summed E-state index contributed by atoms with van der Waals surface area (Å²) >= 11 is 3.03. The zero-order valence-electron chi connectivity index (χ0n) is 16.9.